The molecule has 0 N–H and O–H groups in total. The topological polar surface area (TPSA) is 26.0 Å². The third-order valence-electron chi connectivity index (χ3n) is 1.75. The van der Waals surface area contributed by atoms with Gasteiger partial charge in [0.2, 0.25) is 0 Å². The molecule has 2 aromatic rings. The molecule has 1 aromatic heterocycles. The second kappa shape index (κ2) is 2.79. The highest BCUT2D eigenvalue weighted by molar-refractivity contribution is 6.17. The summed E-state index contributed by atoms with van der Waals surface area (Å²) in [5.74, 6) is 1.15. The zero-order valence-electron chi connectivity index (χ0n) is 6.67. The molecule has 12 heavy (non-hydrogen) atoms. The molecule has 0 spiro atoms. The maximum absolute atomic E-state index is 5.73. The molecule has 2 rings (SSSR count). The van der Waals surface area contributed by atoms with Crippen LogP contribution < -0.4 is 0 Å². The van der Waals surface area contributed by atoms with Gasteiger partial charge >= 0.3 is 0 Å². The maximum Gasteiger partial charge on any atom is 0.192 e. The van der Waals surface area contributed by atoms with E-state index in [1.165, 1.54) is 0 Å². The molecule has 0 bridgehead atoms. The number of aromatic nitrogens is 1. The van der Waals surface area contributed by atoms with Gasteiger partial charge in [0.25, 0.3) is 0 Å². The lowest BCUT2D eigenvalue weighted by atomic mass is 10.2. The largest absolute Gasteiger partial charge is 0.441 e. The molecule has 0 saturated carbocycles. The van der Waals surface area contributed by atoms with Crippen molar-refractivity contribution in [3.8, 4) is 0 Å². The van der Waals surface area contributed by atoms with Gasteiger partial charge < -0.3 is 4.42 Å². The number of rotatable bonds is 1. The molecule has 1 heterocycles. The molecule has 62 valence electrons. The molecule has 0 radical (unpaired) electrons. The molecule has 0 atom stereocenters. The van der Waals surface area contributed by atoms with Gasteiger partial charge in [0.15, 0.2) is 11.5 Å². The fraction of sp³-hybridized carbons (Fsp3) is 0.222. The number of hydrogen-bond acceptors (Lipinski definition) is 2. The van der Waals surface area contributed by atoms with Crippen LogP contribution in [0.4, 0.5) is 0 Å². The van der Waals surface area contributed by atoms with Crippen LogP contribution in [-0.2, 0) is 5.88 Å². The first-order chi connectivity index (χ1) is 5.81. The lowest BCUT2D eigenvalue weighted by Crippen LogP contribution is -1.77. The second-order valence-electron chi connectivity index (χ2n) is 2.63. The van der Waals surface area contributed by atoms with E-state index in [-0.39, 0.29) is 0 Å². The lowest BCUT2D eigenvalue weighted by Gasteiger charge is -1.92. The summed E-state index contributed by atoms with van der Waals surface area (Å²) in [4.78, 5) is 4.20. The first-order valence-electron chi connectivity index (χ1n) is 3.72. The molecule has 0 amide bonds. The van der Waals surface area contributed by atoms with E-state index in [2.05, 4.69) is 4.98 Å². The number of alkyl halides is 1. The molecule has 0 unspecified atom stereocenters. The molecule has 3 heteroatoms. The van der Waals surface area contributed by atoms with E-state index in [1.54, 1.807) is 0 Å². The highest BCUT2D eigenvalue weighted by atomic mass is 35.5. The molecule has 0 aliphatic heterocycles. The third-order valence-corrected chi connectivity index (χ3v) is 2.04. The number of aryl methyl sites for hydroxylation is 1. The van der Waals surface area contributed by atoms with Crippen molar-refractivity contribution >= 4 is 22.7 Å². The number of benzene rings is 1. The highest BCUT2D eigenvalue weighted by Gasteiger charge is 2.05. The summed E-state index contributed by atoms with van der Waals surface area (Å²) in [6.07, 6.45) is 0. The Balaban J connectivity index is 2.78. The average molecular weight is 182 g/mol. The fourth-order valence-electron chi connectivity index (χ4n) is 1.22. The van der Waals surface area contributed by atoms with Crippen LogP contribution in [0.1, 0.15) is 11.5 Å². The van der Waals surface area contributed by atoms with E-state index in [0.717, 1.165) is 16.7 Å². The zero-order chi connectivity index (χ0) is 8.55. The van der Waals surface area contributed by atoms with Gasteiger partial charge in [0, 0.05) is 12.5 Å². The number of hydrogen-bond donors (Lipinski definition) is 0. The van der Waals surface area contributed by atoms with Crippen LogP contribution in [0.25, 0.3) is 11.1 Å². The molecule has 0 aliphatic carbocycles. The molecule has 1 aromatic carbocycles. The maximum atomic E-state index is 5.73. The van der Waals surface area contributed by atoms with E-state index in [1.807, 2.05) is 25.1 Å². The smallest absolute Gasteiger partial charge is 0.192 e. The first kappa shape index (κ1) is 7.62. The molecular weight excluding hydrogens is 174 g/mol. The Hall–Kier alpha value is -1.02. The van der Waals surface area contributed by atoms with Crippen molar-refractivity contribution < 1.29 is 4.42 Å². The second-order valence-corrected chi connectivity index (χ2v) is 2.90. The van der Waals surface area contributed by atoms with Crippen molar-refractivity contribution in [2.24, 2.45) is 0 Å². The molecule has 0 fully saturated rings. The van der Waals surface area contributed by atoms with Gasteiger partial charge in [-0.3, -0.25) is 0 Å². The summed E-state index contributed by atoms with van der Waals surface area (Å²) in [7, 11) is 0. The van der Waals surface area contributed by atoms with Crippen LogP contribution >= 0.6 is 11.6 Å². The zero-order valence-corrected chi connectivity index (χ0v) is 7.43. The average Bonchev–Trinajstić information content (AvgIpc) is 2.44. The molecule has 0 aliphatic rings. The number of halogens is 1. The monoisotopic (exact) mass is 181 g/mol. The number of nitrogens with zero attached hydrogens (tertiary/aromatic N) is 1. The summed E-state index contributed by atoms with van der Waals surface area (Å²) in [6, 6.07) is 5.80. The molecular formula is C9H8ClNO. The first-order valence-corrected chi connectivity index (χ1v) is 4.25. The summed E-state index contributed by atoms with van der Waals surface area (Å²) >= 11 is 5.73. The Morgan fingerprint density at radius 3 is 3.08 bits per heavy atom. The van der Waals surface area contributed by atoms with E-state index >= 15 is 0 Å². The SMILES string of the molecule is Cc1nc2cccc(CCl)c2o1. The van der Waals surface area contributed by atoms with Gasteiger partial charge in [-0.15, -0.1) is 11.6 Å². The van der Waals surface area contributed by atoms with Gasteiger partial charge in [-0.25, -0.2) is 4.98 Å². The summed E-state index contributed by atoms with van der Waals surface area (Å²) in [5, 5.41) is 0. The van der Waals surface area contributed by atoms with Gasteiger partial charge in [-0.05, 0) is 6.07 Å². The van der Waals surface area contributed by atoms with Gasteiger partial charge in [-0.2, -0.15) is 0 Å². The van der Waals surface area contributed by atoms with Crippen LogP contribution in [-0.4, -0.2) is 4.98 Å². The molecule has 0 saturated heterocycles. The van der Waals surface area contributed by atoms with Crippen molar-refractivity contribution in [2.45, 2.75) is 12.8 Å². The minimum Gasteiger partial charge on any atom is -0.441 e. The van der Waals surface area contributed by atoms with Crippen molar-refractivity contribution in [3.63, 3.8) is 0 Å². The fourth-order valence-corrected chi connectivity index (χ4v) is 1.43. The Morgan fingerprint density at radius 1 is 1.50 bits per heavy atom. The summed E-state index contributed by atoms with van der Waals surface area (Å²) in [6.45, 7) is 1.83. The number of para-hydroxylation sites is 1. The van der Waals surface area contributed by atoms with Crippen molar-refractivity contribution in [1.82, 2.24) is 4.98 Å². The van der Waals surface area contributed by atoms with Crippen molar-refractivity contribution in [1.29, 1.82) is 0 Å². The minimum absolute atomic E-state index is 0.464. The minimum atomic E-state index is 0.464. The third kappa shape index (κ3) is 1.08. The Morgan fingerprint density at radius 2 is 2.33 bits per heavy atom. The predicted octanol–water partition coefficient (Wildman–Crippen LogP) is 2.88. The van der Waals surface area contributed by atoms with Gasteiger partial charge in [-0.1, -0.05) is 12.1 Å². The Labute approximate surface area is 75.2 Å². The van der Waals surface area contributed by atoms with E-state index in [4.69, 9.17) is 16.0 Å². The number of oxazole rings is 1. The summed E-state index contributed by atoms with van der Waals surface area (Å²) in [5.41, 5.74) is 2.69. The van der Waals surface area contributed by atoms with E-state index in [0.29, 0.717) is 11.8 Å². The normalized spacial score (nSPS) is 10.8. The highest BCUT2D eigenvalue weighted by Crippen LogP contribution is 2.20. The van der Waals surface area contributed by atoms with E-state index < -0.39 is 0 Å². The lowest BCUT2D eigenvalue weighted by molar-refractivity contribution is 0.559. The molecule has 2 nitrogen and oxygen atoms in total. The predicted molar refractivity (Wildman–Crippen MR) is 48.3 cm³/mol. The Kier molecular flexibility index (Phi) is 1.77. The van der Waals surface area contributed by atoms with Crippen molar-refractivity contribution in [2.75, 3.05) is 0 Å². The summed E-state index contributed by atoms with van der Waals surface area (Å²) < 4.78 is 5.39. The van der Waals surface area contributed by atoms with Crippen LogP contribution in [0.3, 0.4) is 0 Å². The number of fused-ring (bicyclic) bond motifs is 1. The van der Waals surface area contributed by atoms with Crippen LogP contribution in [0.2, 0.25) is 0 Å². The van der Waals surface area contributed by atoms with Crippen LogP contribution in [0.5, 0.6) is 0 Å². The van der Waals surface area contributed by atoms with Gasteiger partial charge in [0.05, 0.1) is 5.88 Å². The van der Waals surface area contributed by atoms with Crippen LogP contribution in [0, 0.1) is 6.92 Å². The van der Waals surface area contributed by atoms with Gasteiger partial charge in [0.1, 0.15) is 5.52 Å². The standard InChI is InChI=1S/C9H8ClNO/c1-6-11-8-4-2-3-7(5-10)9(8)12-6/h2-4H,5H2,1H3. The van der Waals surface area contributed by atoms with E-state index in [9.17, 15) is 0 Å². The quantitative estimate of drug-likeness (QED) is 0.633. The Bertz CT molecular complexity index is 408. The van der Waals surface area contributed by atoms with Crippen molar-refractivity contribution in [3.05, 3.63) is 29.7 Å². The van der Waals surface area contributed by atoms with Crippen LogP contribution in [0.15, 0.2) is 22.6 Å².